The number of hydrogen-bond acceptors (Lipinski definition) is 3. The van der Waals surface area contributed by atoms with Gasteiger partial charge in [0.1, 0.15) is 5.40 Å². The number of benzene rings is 1. The van der Waals surface area contributed by atoms with E-state index in [1.807, 2.05) is 5.40 Å². The third kappa shape index (κ3) is 1.89. The maximum atomic E-state index is 12.8. The van der Waals surface area contributed by atoms with Gasteiger partial charge in [-0.05, 0) is 30.0 Å². The van der Waals surface area contributed by atoms with Gasteiger partial charge in [-0.2, -0.15) is 5.26 Å². The van der Waals surface area contributed by atoms with Crippen molar-refractivity contribution in [2.24, 2.45) is 0 Å². The second kappa shape index (κ2) is 3.98. The second-order valence-corrected chi connectivity index (χ2v) is 2.85. The summed E-state index contributed by atoms with van der Waals surface area (Å²) in [5, 5.41) is 10.2. The number of ether oxygens (including phenoxy) is 1. The Bertz CT molecular complexity index is 321. The number of rotatable bonds is 2. The summed E-state index contributed by atoms with van der Waals surface area (Å²) in [6, 6.07) is 4.30. The third-order valence-corrected chi connectivity index (χ3v) is 1.87. The summed E-state index contributed by atoms with van der Waals surface area (Å²) in [6.07, 6.45) is 0. The van der Waals surface area contributed by atoms with E-state index >= 15 is 0 Å². The normalized spacial score (nSPS) is 9.08. The lowest BCUT2D eigenvalue weighted by Crippen LogP contribution is -1.87. The highest BCUT2D eigenvalue weighted by atomic mass is 32.2. The summed E-state index contributed by atoms with van der Waals surface area (Å²) >= 11 is 0.972. The van der Waals surface area contributed by atoms with Gasteiger partial charge in [-0.3, -0.25) is 0 Å². The highest BCUT2D eigenvalue weighted by molar-refractivity contribution is 8.03. The van der Waals surface area contributed by atoms with Crippen LogP contribution in [0.5, 0.6) is 5.75 Å². The molecular weight excluding hydrogens is 177 g/mol. The smallest absolute Gasteiger partial charge is 0.165 e. The fraction of sp³-hybridized carbons (Fsp3) is 0.125. The Morgan fingerprint density at radius 2 is 2.33 bits per heavy atom. The lowest BCUT2D eigenvalue weighted by molar-refractivity contribution is 0.385. The minimum absolute atomic E-state index is 0.162. The predicted molar refractivity (Wildman–Crippen MR) is 44.4 cm³/mol. The largest absolute Gasteiger partial charge is 0.494 e. The number of thiocyanates is 1. The van der Waals surface area contributed by atoms with Crippen molar-refractivity contribution in [3.63, 3.8) is 0 Å². The van der Waals surface area contributed by atoms with E-state index < -0.39 is 5.82 Å². The van der Waals surface area contributed by atoms with Gasteiger partial charge < -0.3 is 4.74 Å². The molecule has 0 aliphatic heterocycles. The zero-order valence-corrected chi connectivity index (χ0v) is 7.19. The molecule has 62 valence electrons. The molecule has 0 atom stereocenters. The van der Waals surface area contributed by atoms with Gasteiger partial charge in [-0.1, -0.05) is 0 Å². The minimum Gasteiger partial charge on any atom is -0.494 e. The Balaban J connectivity index is 2.98. The average Bonchev–Trinajstić information content (AvgIpc) is 2.09. The molecule has 12 heavy (non-hydrogen) atoms. The molecule has 0 fully saturated rings. The van der Waals surface area contributed by atoms with Crippen molar-refractivity contribution in [2.45, 2.75) is 4.90 Å². The Kier molecular flexibility index (Phi) is 2.94. The van der Waals surface area contributed by atoms with Gasteiger partial charge in [0.25, 0.3) is 0 Å². The van der Waals surface area contributed by atoms with E-state index in [-0.39, 0.29) is 5.75 Å². The van der Waals surface area contributed by atoms with Crippen LogP contribution in [0.15, 0.2) is 23.1 Å². The molecule has 0 aliphatic rings. The van der Waals surface area contributed by atoms with Crippen molar-refractivity contribution >= 4 is 11.8 Å². The van der Waals surface area contributed by atoms with E-state index in [4.69, 9.17) is 10.00 Å². The molecule has 1 rings (SSSR count). The first-order valence-corrected chi connectivity index (χ1v) is 3.99. The molecule has 0 N–H and O–H groups in total. The van der Waals surface area contributed by atoms with E-state index in [0.29, 0.717) is 4.90 Å². The number of hydrogen-bond donors (Lipinski definition) is 0. The van der Waals surface area contributed by atoms with Crippen LogP contribution >= 0.6 is 11.8 Å². The summed E-state index contributed by atoms with van der Waals surface area (Å²) in [5.74, 6) is -0.255. The Morgan fingerprint density at radius 3 is 2.92 bits per heavy atom. The van der Waals surface area contributed by atoms with Crippen LogP contribution in [0, 0.1) is 16.5 Å². The number of thioether (sulfide) groups is 1. The van der Waals surface area contributed by atoms with Crippen molar-refractivity contribution in [1.82, 2.24) is 0 Å². The molecule has 1 aromatic carbocycles. The van der Waals surface area contributed by atoms with Gasteiger partial charge in [0.15, 0.2) is 11.6 Å². The average molecular weight is 183 g/mol. The van der Waals surface area contributed by atoms with Gasteiger partial charge in [-0.25, -0.2) is 4.39 Å². The summed E-state index contributed by atoms with van der Waals surface area (Å²) in [6.45, 7) is 0. The standard InChI is InChI=1S/C8H6FNOS/c1-11-8-4-6(12-5-10)2-3-7(8)9/h2-4H,1H3. The van der Waals surface area contributed by atoms with E-state index in [9.17, 15) is 4.39 Å². The van der Waals surface area contributed by atoms with E-state index in [2.05, 4.69) is 0 Å². The fourth-order valence-electron chi connectivity index (χ4n) is 0.756. The highest BCUT2D eigenvalue weighted by Crippen LogP contribution is 2.24. The molecule has 0 saturated carbocycles. The molecule has 0 aliphatic carbocycles. The van der Waals surface area contributed by atoms with Crippen molar-refractivity contribution in [2.75, 3.05) is 7.11 Å². The molecule has 0 spiro atoms. The Hall–Kier alpha value is -1.21. The van der Waals surface area contributed by atoms with Crippen LogP contribution in [-0.2, 0) is 0 Å². The van der Waals surface area contributed by atoms with Crippen LogP contribution in [0.25, 0.3) is 0 Å². The minimum atomic E-state index is -0.417. The first kappa shape index (κ1) is 8.88. The number of methoxy groups -OCH3 is 1. The van der Waals surface area contributed by atoms with Crippen LogP contribution in [-0.4, -0.2) is 7.11 Å². The molecule has 2 nitrogen and oxygen atoms in total. The predicted octanol–water partition coefficient (Wildman–Crippen LogP) is 2.41. The summed E-state index contributed by atoms with van der Waals surface area (Å²) in [4.78, 5) is 0.677. The Morgan fingerprint density at radius 1 is 1.58 bits per heavy atom. The molecule has 1 aromatic rings. The monoisotopic (exact) mass is 183 g/mol. The molecule has 0 heterocycles. The van der Waals surface area contributed by atoms with E-state index in [1.54, 1.807) is 0 Å². The fourth-order valence-corrected chi connectivity index (χ4v) is 1.16. The van der Waals surface area contributed by atoms with Crippen molar-refractivity contribution in [1.29, 1.82) is 5.26 Å². The van der Waals surface area contributed by atoms with E-state index in [0.717, 1.165) is 11.8 Å². The lowest BCUT2D eigenvalue weighted by atomic mass is 10.3. The number of nitriles is 1. The molecule has 0 radical (unpaired) electrons. The lowest BCUT2D eigenvalue weighted by Gasteiger charge is -2.01. The van der Waals surface area contributed by atoms with Crippen molar-refractivity contribution in [3.8, 4) is 11.2 Å². The molecule has 0 aromatic heterocycles. The van der Waals surface area contributed by atoms with Gasteiger partial charge in [-0.15, -0.1) is 0 Å². The molecule has 0 unspecified atom stereocenters. The van der Waals surface area contributed by atoms with Crippen molar-refractivity contribution in [3.05, 3.63) is 24.0 Å². The zero-order chi connectivity index (χ0) is 8.97. The van der Waals surface area contributed by atoms with E-state index in [1.165, 1.54) is 25.3 Å². The van der Waals surface area contributed by atoms with Gasteiger partial charge >= 0.3 is 0 Å². The second-order valence-electron chi connectivity index (χ2n) is 1.99. The molecular formula is C8H6FNOS. The van der Waals surface area contributed by atoms with Gasteiger partial charge in [0.05, 0.1) is 7.11 Å². The topological polar surface area (TPSA) is 33.0 Å². The van der Waals surface area contributed by atoms with Crippen LogP contribution in [0.1, 0.15) is 0 Å². The molecule has 0 bridgehead atoms. The summed E-state index contributed by atoms with van der Waals surface area (Å²) in [7, 11) is 1.39. The van der Waals surface area contributed by atoms with Crippen molar-refractivity contribution < 1.29 is 9.13 Å². The van der Waals surface area contributed by atoms with Crippen LogP contribution in [0.3, 0.4) is 0 Å². The van der Waals surface area contributed by atoms with Gasteiger partial charge in [0.2, 0.25) is 0 Å². The third-order valence-electron chi connectivity index (χ3n) is 1.29. The Labute approximate surface area is 74.0 Å². The molecule has 4 heteroatoms. The zero-order valence-electron chi connectivity index (χ0n) is 6.37. The quantitative estimate of drug-likeness (QED) is 0.521. The first-order valence-electron chi connectivity index (χ1n) is 3.17. The highest BCUT2D eigenvalue weighted by Gasteiger charge is 2.02. The number of halogens is 1. The molecule has 0 amide bonds. The van der Waals surface area contributed by atoms with Crippen LogP contribution < -0.4 is 4.74 Å². The van der Waals surface area contributed by atoms with Crippen LogP contribution in [0.4, 0.5) is 4.39 Å². The summed E-state index contributed by atoms with van der Waals surface area (Å²) in [5.41, 5.74) is 0. The maximum absolute atomic E-state index is 12.8. The molecule has 0 saturated heterocycles. The van der Waals surface area contributed by atoms with Crippen LogP contribution in [0.2, 0.25) is 0 Å². The first-order chi connectivity index (χ1) is 5.77. The SMILES string of the molecule is COc1cc(SC#N)ccc1F. The summed E-state index contributed by atoms with van der Waals surface area (Å²) < 4.78 is 17.5. The maximum Gasteiger partial charge on any atom is 0.165 e. The van der Waals surface area contributed by atoms with Gasteiger partial charge in [0, 0.05) is 4.90 Å². The number of nitrogens with zero attached hydrogens (tertiary/aromatic N) is 1.